The van der Waals surface area contributed by atoms with E-state index in [1.165, 1.54) is 13.3 Å². The summed E-state index contributed by atoms with van der Waals surface area (Å²) >= 11 is 5.90. The van der Waals surface area contributed by atoms with Crippen LogP contribution in [0.4, 0.5) is 0 Å². The largest absolute Gasteiger partial charge is 0.467 e. The van der Waals surface area contributed by atoms with Crippen LogP contribution in [0.1, 0.15) is 28.9 Å². The highest BCUT2D eigenvalue weighted by Gasteiger charge is 2.25. The molecule has 0 aliphatic carbocycles. The highest BCUT2D eigenvalue weighted by Crippen LogP contribution is 2.24. The van der Waals surface area contributed by atoms with Gasteiger partial charge in [0.1, 0.15) is 11.3 Å². The zero-order valence-corrected chi connectivity index (χ0v) is 18.4. The van der Waals surface area contributed by atoms with E-state index in [2.05, 4.69) is 10.3 Å². The van der Waals surface area contributed by atoms with Crippen molar-refractivity contribution in [3.05, 3.63) is 89.1 Å². The summed E-state index contributed by atoms with van der Waals surface area (Å²) in [5.41, 5.74) is 1.11. The van der Waals surface area contributed by atoms with Crippen molar-refractivity contribution in [3.8, 4) is 11.6 Å². The van der Waals surface area contributed by atoms with Gasteiger partial charge in [-0.1, -0.05) is 41.9 Å². The molecule has 7 nitrogen and oxygen atoms in total. The van der Waals surface area contributed by atoms with Gasteiger partial charge in [0, 0.05) is 11.2 Å². The molecule has 1 unspecified atom stereocenters. The predicted molar refractivity (Wildman–Crippen MR) is 120 cm³/mol. The molecular weight excluding hydrogens is 432 g/mol. The predicted octanol–water partition coefficient (Wildman–Crippen LogP) is 4.58. The van der Waals surface area contributed by atoms with Crippen molar-refractivity contribution in [3.63, 3.8) is 0 Å². The van der Waals surface area contributed by atoms with Crippen molar-refractivity contribution in [1.29, 1.82) is 0 Å². The zero-order valence-electron chi connectivity index (χ0n) is 17.7. The maximum Gasteiger partial charge on any atom is 0.330 e. The summed E-state index contributed by atoms with van der Waals surface area (Å²) in [6.07, 6.45) is 1.23. The van der Waals surface area contributed by atoms with E-state index in [0.29, 0.717) is 10.8 Å². The van der Waals surface area contributed by atoms with Crippen molar-refractivity contribution in [2.24, 2.45) is 0 Å². The third-order valence-corrected chi connectivity index (χ3v) is 4.87. The Morgan fingerprint density at radius 3 is 2.44 bits per heavy atom. The monoisotopic (exact) mass is 454 g/mol. The standard InChI is InChI=1S/C24H23ClN2O5/c1-16(17-7-4-3-5-8-17)31-15-21(24(29)30-2)27-22(28)20-9-6-14-26-23(20)32-19-12-10-18(25)11-13-19/h3-14,16,21H,15H2,1-2H3,(H,27,28)/t16?,21-/m1/s1. The number of esters is 1. The molecule has 1 heterocycles. The number of carbonyl (C=O) groups excluding carboxylic acids is 2. The summed E-state index contributed by atoms with van der Waals surface area (Å²) in [6.45, 7) is 1.80. The topological polar surface area (TPSA) is 86.8 Å². The first-order valence-electron chi connectivity index (χ1n) is 9.91. The van der Waals surface area contributed by atoms with Crippen LogP contribution in [-0.2, 0) is 14.3 Å². The second-order valence-corrected chi connectivity index (χ2v) is 7.28. The van der Waals surface area contributed by atoms with Gasteiger partial charge in [-0.05, 0) is 48.9 Å². The molecule has 0 aliphatic rings. The van der Waals surface area contributed by atoms with Crippen molar-refractivity contribution in [2.45, 2.75) is 19.1 Å². The molecule has 3 aromatic rings. The molecule has 2 aromatic carbocycles. The highest BCUT2D eigenvalue weighted by molar-refractivity contribution is 6.30. The van der Waals surface area contributed by atoms with Gasteiger partial charge in [0.05, 0.1) is 19.8 Å². The molecule has 0 saturated heterocycles. The molecule has 0 saturated carbocycles. The molecule has 0 spiro atoms. The number of benzene rings is 2. The molecule has 0 radical (unpaired) electrons. The lowest BCUT2D eigenvalue weighted by Crippen LogP contribution is -2.45. The van der Waals surface area contributed by atoms with Crippen LogP contribution in [0.5, 0.6) is 11.6 Å². The molecule has 8 heteroatoms. The Labute approximate surface area is 191 Å². The number of rotatable bonds is 9. The molecule has 1 amide bonds. The van der Waals surface area contributed by atoms with Crippen LogP contribution in [-0.4, -0.2) is 36.6 Å². The van der Waals surface area contributed by atoms with Gasteiger partial charge < -0.3 is 19.5 Å². The van der Waals surface area contributed by atoms with Gasteiger partial charge in [0.2, 0.25) is 5.88 Å². The number of nitrogens with zero attached hydrogens (tertiary/aromatic N) is 1. The quantitative estimate of drug-likeness (QED) is 0.476. The summed E-state index contributed by atoms with van der Waals surface area (Å²) in [7, 11) is 1.25. The van der Waals surface area contributed by atoms with Crippen LogP contribution in [0.2, 0.25) is 5.02 Å². The average Bonchev–Trinajstić information content (AvgIpc) is 2.83. The lowest BCUT2D eigenvalue weighted by Gasteiger charge is -2.20. The summed E-state index contributed by atoms with van der Waals surface area (Å²) in [4.78, 5) is 29.3. The van der Waals surface area contributed by atoms with E-state index in [0.717, 1.165) is 5.56 Å². The van der Waals surface area contributed by atoms with E-state index < -0.39 is 17.9 Å². The molecule has 1 N–H and O–H groups in total. The Hall–Kier alpha value is -3.42. The minimum atomic E-state index is -1.01. The lowest BCUT2D eigenvalue weighted by atomic mass is 10.1. The number of aromatic nitrogens is 1. The van der Waals surface area contributed by atoms with Gasteiger partial charge in [0.25, 0.3) is 5.91 Å². The Balaban J connectivity index is 1.71. The van der Waals surface area contributed by atoms with E-state index in [1.54, 1.807) is 36.4 Å². The van der Waals surface area contributed by atoms with E-state index in [-0.39, 0.29) is 24.2 Å². The summed E-state index contributed by atoms with van der Waals surface area (Å²) < 4.78 is 16.4. The van der Waals surface area contributed by atoms with Gasteiger partial charge in [0.15, 0.2) is 6.04 Å². The third-order valence-electron chi connectivity index (χ3n) is 4.62. The first-order chi connectivity index (χ1) is 15.5. The van der Waals surface area contributed by atoms with Crippen molar-refractivity contribution in [1.82, 2.24) is 10.3 Å². The van der Waals surface area contributed by atoms with Crippen LogP contribution in [0.25, 0.3) is 0 Å². The number of nitrogens with one attached hydrogen (secondary N) is 1. The van der Waals surface area contributed by atoms with Gasteiger partial charge in [-0.2, -0.15) is 0 Å². The van der Waals surface area contributed by atoms with Crippen LogP contribution >= 0.6 is 11.6 Å². The van der Waals surface area contributed by atoms with Crippen LogP contribution in [0.15, 0.2) is 72.9 Å². The highest BCUT2D eigenvalue weighted by atomic mass is 35.5. The Bertz CT molecular complexity index is 1040. The van der Waals surface area contributed by atoms with Crippen molar-refractivity contribution >= 4 is 23.5 Å². The molecule has 3 rings (SSSR count). The number of amides is 1. The zero-order chi connectivity index (χ0) is 22.9. The number of carbonyl (C=O) groups is 2. The summed E-state index contributed by atoms with van der Waals surface area (Å²) in [6, 6.07) is 18.4. The van der Waals surface area contributed by atoms with Crippen LogP contribution < -0.4 is 10.1 Å². The number of hydrogen-bond donors (Lipinski definition) is 1. The molecule has 2 atom stereocenters. The first-order valence-corrected chi connectivity index (χ1v) is 10.3. The second kappa shape index (κ2) is 11.3. The molecule has 0 aliphatic heterocycles. The van der Waals surface area contributed by atoms with E-state index in [1.807, 2.05) is 37.3 Å². The summed E-state index contributed by atoms with van der Waals surface area (Å²) in [5, 5.41) is 3.20. The summed E-state index contributed by atoms with van der Waals surface area (Å²) in [5.74, 6) is -0.614. The fourth-order valence-electron chi connectivity index (χ4n) is 2.87. The Morgan fingerprint density at radius 2 is 1.75 bits per heavy atom. The normalized spacial score (nSPS) is 12.5. The number of pyridine rings is 1. The maximum absolute atomic E-state index is 12.9. The van der Waals surface area contributed by atoms with Crippen LogP contribution in [0, 0.1) is 0 Å². The Kier molecular flexibility index (Phi) is 8.19. The van der Waals surface area contributed by atoms with Crippen molar-refractivity contribution in [2.75, 3.05) is 13.7 Å². The van der Waals surface area contributed by atoms with E-state index >= 15 is 0 Å². The molecule has 0 bridgehead atoms. The molecule has 166 valence electrons. The smallest absolute Gasteiger partial charge is 0.330 e. The van der Waals surface area contributed by atoms with E-state index in [9.17, 15) is 9.59 Å². The average molecular weight is 455 g/mol. The van der Waals surface area contributed by atoms with E-state index in [4.69, 9.17) is 25.8 Å². The molecule has 32 heavy (non-hydrogen) atoms. The van der Waals surface area contributed by atoms with Crippen LogP contribution in [0.3, 0.4) is 0 Å². The van der Waals surface area contributed by atoms with Gasteiger partial charge in [-0.25, -0.2) is 9.78 Å². The van der Waals surface area contributed by atoms with Gasteiger partial charge >= 0.3 is 5.97 Å². The first kappa shape index (κ1) is 23.2. The minimum Gasteiger partial charge on any atom is -0.467 e. The molecule has 0 fully saturated rings. The maximum atomic E-state index is 12.9. The minimum absolute atomic E-state index is 0.0673. The fraction of sp³-hybridized carbons (Fsp3) is 0.208. The van der Waals surface area contributed by atoms with Crippen molar-refractivity contribution < 1.29 is 23.8 Å². The lowest BCUT2D eigenvalue weighted by molar-refractivity contribution is -0.145. The number of ether oxygens (including phenoxy) is 3. The molecular formula is C24H23ClN2O5. The SMILES string of the molecule is COC(=O)[C@@H](COC(C)c1ccccc1)NC(=O)c1cccnc1Oc1ccc(Cl)cc1. The number of hydrogen-bond acceptors (Lipinski definition) is 6. The fourth-order valence-corrected chi connectivity index (χ4v) is 2.99. The molecule has 1 aromatic heterocycles. The number of methoxy groups -OCH3 is 1. The van der Waals surface area contributed by atoms with Gasteiger partial charge in [-0.3, -0.25) is 4.79 Å². The third kappa shape index (κ3) is 6.29. The number of halogens is 1. The second-order valence-electron chi connectivity index (χ2n) is 6.85. The Morgan fingerprint density at radius 1 is 1.03 bits per heavy atom. The van der Waals surface area contributed by atoms with Gasteiger partial charge in [-0.15, -0.1) is 0 Å².